The summed E-state index contributed by atoms with van der Waals surface area (Å²) < 4.78 is 50.5. The summed E-state index contributed by atoms with van der Waals surface area (Å²) in [5, 5.41) is 10.8. The zero-order valence-electron chi connectivity index (χ0n) is 23.3. The highest BCUT2D eigenvalue weighted by atomic mass is 32.2. The van der Waals surface area contributed by atoms with Crippen LogP contribution in [-0.2, 0) is 36.5 Å². The molecule has 0 aliphatic rings. The second-order valence-electron chi connectivity index (χ2n) is 9.63. The minimum atomic E-state index is -3.15. The summed E-state index contributed by atoms with van der Waals surface area (Å²) in [4.78, 5) is 25.6. The van der Waals surface area contributed by atoms with Crippen molar-refractivity contribution in [2.24, 2.45) is 0 Å². The van der Waals surface area contributed by atoms with Crippen LogP contribution in [0.5, 0.6) is 0 Å². The van der Waals surface area contributed by atoms with Crippen molar-refractivity contribution in [2.45, 2.75) is 32.0 Å². The number of rotatable bonds is 12. The summed E-state index contributed by atoms with van der Waals surface area (Å²) in [6.07, 6.45) is -1.12. The largest absolute Gasteiger partial charge is 0.481 e. The number of thiol groups is 1. The second kappa shape index (κ2) is 13.5. The lowest BCUT2D eigenvalue weighted by Gasteiger charge is -2.33. The molecule has 9 nitrogen and oxygen atoms in total. The van der Waals surface area contributed by atoms with E-state index in [-0.39, 0.29) is 13.0 Å². The Labute approximate surface area is 244 Å². The van der Waals surface area contributed by atoms with E-state index in [1.807, 2.05) is 17.0 Å². The molecule has 1 unspecified atom stereocenters. The monoisotopic (exact) mass is 594 g/mol. The lowest BCUT2D eigenvalue weighted by molar-refractivity contribution is -0.152. The van der Waals surface area contributed by atoms with Crippen LogP contribution < -0.4 is 9.21 Å². The predicted molar refractivity (Wildman–Crippen MR) is 159 cm³/mol. The van der Waals surface area contributed by atoms with Gasteiger partial charge >= 0.3 is 11.9 Å². The van der Waals surface area contributed by atoms with Gasteiger partial charge in [-0.15, -0.1) is 0 Å². The summed E-state index contributed by atoms with van der Waals surface area (Å²) in [5.41, 5.74) is 2.54. The van der Waals surface area contributed by atoms with E-state index in [1.54, 1.807) is 67.6 Å². The molecule has 42 heavy (non-hydrogen) atoms. The number of benzene rings is 4. The van der Waals surface area contributed by atoms with Gasteiger partial charge in [0.2, 0.25) is 10.9 Å². The van der Waals surface area contributed by atoms with E-state index in [1.165, 1.54) is 30.7 Å². The molecular formula is C31H31FN2O7S. The van der Waals surface area contributed by atoms with Crippen LogP contribution in [-0.4, -0.2) is 45.7 Å². The average Bonchev–Trinajstić information content (AvgIpc) is 2.97. The van der Waals surface area contributed by atoms with Crippen molar-refractivity contribution < 1.29 is 37.0 Å². The van der Waals surface area contributed by atoms with Gasteiger partial charge in [-0.05, 0) is 54.4 Å². The molecule has 220 valence electrons. The van der Waals surface area contributed by atoms with Crippen LogP contribution in [0.2, 0.25) is 0 Å². The quantitative estimate of drug-likeness (QED) is 0.166. The third kappa shape index (κ3) is 6.69. The molecule has 0 amide bonds. The summed E-state index contributed by atoms with van der Waals surface area (Å²) in [5.74, 6) is -1.96. The molecule has 11 heteroatoms. The number of methoxy groups -OCH3 is 2. The Morgan fingerprint density at radius 2 is 1.55 bits per heavy atom. The number of anilines is 3. The van der Waals surface area contributed by atoms with E-state index in [0.29, 0.717) is 39.0 Å². The zero-order chi connectivity index (χ0) is 30.4. The molecule has 4 rings (SSSR count). The topological polar surface area (TPSA) is 113 Å². The van der Waals surface area contributed by atoms with Crippen LogP contribution in [0, 0.1) is 5.82 Å². The van der Waals surface area contributed by atoms with Gasteiger partial charge in [-0.2, -0.15) is 0 Å². The first-order valence-electron chi connectivity index (χ1n) is 13.0. The number of nitrogens with zero attached hydrogens (tertiary/aromatic N) is 2. The molecule has 0 heterocycles. The number of hydrogen-bond acceptors (Lipinski definition) is 7. The number of carboxylic acids is 1. The molecule has 0 bridgehead atoms. The van der Waals surface area contributed by atoms with Gasteiger partial charge in [-0.3, -0.25) is 4.79 Å². The number of ether oxygens (including phenoxy) is 2. The number of aliphatic carboxylic acids is 1. The van der Waals surface area contributed by atoms with Gasteiger partial charge in [0, 0.05) is 36.2 Å². The second-order valence-corrected chi connectivity index (χ2v) is 10.5. The molecule has 0 fully saturated rings. The van der Waals surface area contributed by atoms with E-state index < -0.39 is 40.8 Å². The maximum Gasteiger partial charge on any atom is 0.339 e. The maximum atomic E-state index is 14.0. The molecule has 2 atom stereocenters. The molecule has 1 N–H and O–H groups in total. The zero-order valence-corrected chi connectivity index (χ0v) is 24.2. The van der Waals surface area contributed by atoms with Gasteiger partial charge in [-0.25, -0.2) is 21.9 Å². The number of halogens is 1. The highest BCUT2D eigenvalue weighted by Crippen LogP contribution is 2.39. The fraction of sp³-hybridized carbons (Fsp3) is 0.226. The molecule has 0 aromatic heterocycles. The van der Waals surface area contributed by atoms with Crippen molar-refractivity contribution in [1.29, 1.82) is 0 Å². The molecule has 0 saturated carbocycles. The summed E-state index contributed by atoms with van der Waals surface area (Å²) in [7, 11) is -0.522. The summed E-state index contributed by atoms with van der Waals surface area (Å²) in [6.45, 7) is 2.01. The van der Waals surface area contributed by atoms with Gasteiger partial charge in [0.15, 0.2) is 6.10 Å². The third-order valence-electron chi connectivity index (χ3n) is 6.91. The Balaban J connectivity index is 1.81. The number of esters is 1. The minimum absolute atomic E-state index is 0.162. The van der Waals surface area contributed by atoms with Gasteiger partial charge in [0.25, 0.3) is 0 Å². The molecule has 0 radical (unpaired) electrons. The fourth-order valence-corrected chi connectivity index (χ4v) is 5.64. The van der Waals surface area contributed by atoms with Crippen molar-refractivity contribution in [3.05, 3.63) is 102 Å². The van der Waals surface area contributed by atoms with Crippen LogP contribution in [0.3, 0.4) is 0 Å². The standard InChI is InChI=1S/C31H31FN2O7S/c1-20(17-29(35)36)33(19-21-7-6-8-23(32)18-21)27-15-16-28(26-10-5-4-9-25(26)27)34(42(38)39)24-13-11-22(12-14-24)30(40-2)31(37)41-3/h4-16,18,20,30,42H,17,19H2,1-3H3,(H,35,36)/t20-,30?/m0/s1. The SMILES string of the molecule is COC(=O)C(OC)c1ccc(N(c2ccc(N(Cc3cccc(F)c3)[C@@H](C)CC(=O)O)c3ccccc23)[SH](=O)=O)cc1. The van der Waals surface area contributed by atoms with Gasteiger partial charge in [0.05, 0.1) is 24.9 Å². The van der Waals surface area contributed by atoms with Crippen molar-refractivity contribution in [2.75, 3.05) is 23.4 Å². The number of carboxylic acid groups (broad SMARTS) is 1. The van der Waals surface area contributed by atoms with Crippen molar-refractivity contribution in [1.82, 2.24) is 0 Å². The lowest BCUT2D eigenvalue weighted by atomic mass is 10.0. The van der Waals surface area contributed by atoms with Gasteiger partial charge in [0.1, 0.15) is 5.82 Å². The molecule has 0 spiro atoms. The number of fused-ring (bicyclic) bond motifs is 1. The molecule has 4 aromatic carbocycles. The summed E-state index contributed by atoms with van der Waals surface area (Å²) >= 11 is 0. The normalized spacial score (nSPS) is 12.6. The molecule has 0 aliphatic carbocycles. The van der Waals surface area contributed by atoms with Gasteiger partial charge < -0.3 is 19.5 Å². The number of hydrogen-bond donors (Lipinski definition) is 2. The average molecular weight is 595 g/mol. The van der Waals surface area contributed by atoms with E-state index in [2.05, 4.69) is 0 Å². The van der Waals surface area contributed by atoms with Crippen molar-refractivity contribution >= 4 is 50.7 Å². The van der Waals surface area contributed by atoms with Gasteiger partial charge in [-0.1, -0.05) is 48.5 Å². The highest BCUT2D eigenvalue weighted by molar-refractivity contribution is 7.74. The molecule has 0 saturated heterocycles. The molecule has 0 aliphatic heterocycles. The first kappa shape index (κ1) is 30.5. The highest BCUT2D eigenvalue weighted by Gasteiger charge is 2.24. The van der Waals surface area contributed by atoms with Crippen LogP contribution >= 0.6 is 0 Å². The first-order chi connectivity index (χ1) is 20.1. The Bertz CT molecular complexity index is 1650. The minimum Gasteiger partial charge on any atom is -0.481 e. The van der Waals surface area contributed by atoms with Crippen LogP contribution in [0.4, 0.5) is 21.5 Å². The third-order valence-corrected chi connectivity index (χ3v) is 7.69. The van der Waals surface area contributed by atoms with E-state index in [0.717, 1.165) is 0 Å². The predicted octanol–water partition coefficient (Wildman–Crippen LogP) is 5.37. The number of carbonyl (C=O) groups excluding carboxylic acids is 1. The molecular weight excluding hydrogens is 563 g/mol. The Hall–Kier alpha value is -4.48. The fourth-order valence-electron chi connectivity index (χ4n) is 4.96. The smallest absolute Gasteiger partial charge is 0.339 e. The van der Waals surface area contributed by atoms with Crippen LogP contribution in [0.1, 0.15) is 30.6 Å². The Morgan fingerprint density at radius 3 is 2.12 bits per heavy atom. The maximum absolute atomic E-state index is 14.0. The molecule has 4 aromatic rings. The van der Waals surface area contributed by atoms with Crippen molar-refractivity contribution in [3.8, 4) is 0 Å². The lowest BCUT2D eigenvalue weighted by Crippen LogP contribution is -2.34. The summed E-state index contributed by atoms with van der Waals surface area (Å²) in [6, 6.07) is 22.6. The van der Waals surface area contributed by atoms with E-state index in [9.17, 15) is 27.5 Å². The number of carbonyl (C=O) groups is 2. The Kier molecular flexibility index (Phi) is 9.76. The first-order valence-corrected chi connectivity index (χ1v) is 14.2. The van der Waals surface area contributed by atoms with Crippen molar-refractivity contribution in [3.63, 3.8) is 0 Å². The Morgan fingerprint density at radius 1 is 0.905 bits per heavy atom. The van der Waals surface area contributed by atoms with E-state index in [4.69, 9.17) is 9.47 Å². The van der Waals surface area contributed by atoms with Crippen LogP contribution in [0.15, 0.2) is 84.9 Å². The van der Waals surface area contributed by atoms with Crippen LogP contribution in [0.25, 0.3) is 10.8 Å². The van der Waals surface area contributed by atoms with E-state index >= 15 is 0 Å².